The second-order valence-electron chi connectivity index (χ2n) is 0.953. The summed E-state index contributed by atoms with van der Waals surface area (Å²) in [4.78, 5) is 3.73. The molecule has 32 valence electrons. The van der Waals surface area contributed by atoms with Crippen molar-refractivity contribution >= 4 is 0 Å². The van der Waals surface area contributed by atoms with Crippen LogP contribution in [-0.2, 0) is 0 Å². The maximum atomic E-state index is 3.73. The summed E-state index contributed by atoms with van der Waals surface area (Å²) >= 11 is 0. The van der Waals surface area contributed by atoms with Crippen molar-refractivity contribution in [3.63, 3.8) is 0 Å². The number of aromatic nitrogens is 1. The van der Waals surface area contributed by atoms with E-state index in [2.05, 4.69) is 11.1 Å². The molecule has 1 nitrogen and oxygen atoms in total. The normalized spacial score (nSPS) is 6.86. The Morgan fingerprint density at radius 1 is 1.43 bits per heavy atom. The molecule has 0 saturated heterocycles. The number of pyridine rings is 1. The molecule has 1 aromatic heterocycles. The summed E-state index contributed by atoms with van der Waals surface area (Å²) in [5.74, 6) is 0. The first-order valence-corrected chi connectivity index (χ1v) is 1.76. The Balaban J connectivity index is 0.000000360. The van der Waals surface area contributed by atoms with Crippen molar-refractivity contribution in [3.8, 4) is 0 Å². The Morgan fingerprint density at radius 2 is 2.29 bits per heavy atom. The van der Waals surface area contributed by atoms with Gasteiger partial charge in [-0.3, -0.25) is 0 Å². The van der Waals surface area contributed by atoms with Crippen LogP contribution in [0, 0.1) is 6.07 Å². The fourth-order valence-corrected chi connectivity index (χ4v) is 0.277. The van der Waals surface area contributed by atoms with Crippen molar-refractivity contribution in [2.24, 2.45) is 0 Å². The minimum absolute atomic E-state index is 0. The first kappa shape index (κ1) is 5.15. The molecule has 1 heterocycles. The minimum atomic E-state index is 0. The molecule has 0 atom stereocenters. The molecule has 7 heavy (non-hydrogen) atoms. The van der Waals surface area contributed by atoms with Crippen LogP contribution in [0.1, 0.15) is 0 Å². The molecule has 1 aromatic rings. The van der Waals surface area contributed by atoms with Gasteiger partial charge in [-0.1, -0.05) is 12.4 Å². The number of hydrogen-bond donors (Lipinski definition) is 0. The molecule has 0 spiro atoms. The van der Waals surface area contributed by atoms with Crippen molar-refractivity contribution in [2.45, 2.75) is 0 Å². The Hall–Kier alpha value is -1.85. The van der Waals surface area contributed by atoms with E-state index in [1.54, 1.807) is 12.4 Å². The molecule has 0 saturated carbocycles. The molecule has 0 aliphatic rings. The van der Waals surface area contributed by atoms with Gasteiger partial charge in [-0.25, -0.2) is 12.1 Å². The zero-order valence-electron chi connectivity index (χ0n) is 3.96. The van der Waals surface area contributed by atoms with Crippen LogP contribution >= 0.6 is 0 Å². The van der Waals surface area contributed by atoms with Gasteiger partial charge in [0.15, 0.2) is 0 Å². The van der Waals surface area contributed by atoms with Crippen LogP contribution in [-0.4, -0.2) is 4.98 Å². The van der Waals surface area contributed by atoms with Gasteiger partial charge in [0.25, 0.3) is 0 Å². The van der Waals surface area contributed by atoms with Crippen LogP contribution in [0.2, 0.25) is 0 Å². The first-order chi connectivity index (χ1) is 3.00. The van der Waals surface area contributed by atoms with E-state index in [9.17, 15) is 0 Å². The molecule has 0 aliphatic carbocycles. The van der Waals surface area contributed by atoms with Crippen molar-refractivity contribution in [3.05, 3.63) is 30.6 Å². The topological polar surface area (TPSA) is 12.9 Å². The van der Waals surface area contributed by atoms with E-state index in [1.165, 1.54) is 0 Å². The average molecular weight is 345 g/mol. The van der Waals surface area contributed by atoms with Gasteiger partial charge in [-0.15, -0.1) is 0 Å². The van der Waals surface area contributed by atoms with E-state index in [0.717, 1.165) is 0 Å². The summed E-state index contributed by atoms with van der Waals surface area (Å²) in [7, 11) is 0. The molecule has 0 aromatic carbocycles. The standard InChI is InChI=1S/C5H4N.Rf/c1-2-4-6-5-3-1;/h1-2,4-5H;/q-1;. The zero-order valence-corrected chi connectivity index (χ0v) is 10.4. The van der Waals surface area contributed by atoms with Gasteiger partial charge in [0.2, 0.25) is 0 Å². The summed E-state index contributed by atoms with van der Waals surface area (Å²) in [6, 6.07) is 6.43. The summed E-state index contributed by atoms with van der Waals surface area (Å²) in [6.45, 7) is 0. The SMILES string of the molecule is [Rf].[c-]1cccnc1. The van der Waals surface area contributed by atoms with E-state index in [4.69, 9.17) is 0 Å². The summed E-state index contributed by atoms with van der Waals surface area (Å²) in [5, 5.41) is 0. The molecule has 0 aliphatic heterocycles. The van der Waals surface area contributed by atoms with Crippen LogP contribution in [0.15, 0.2) is 24.5 Å². The Bertz CT molecular complexity index is 80.0. The number of rotatable bonds is 0. The molecule has 0 N–H and O–H groups in total. The molecule has 0 radical (unpaired) electrons. The van der Waals surface area contributed by atoms with Gasteiger partial charge < -0.3 is 4.98 Å². The summed E-state index contributed by atoms with van der Waals surface area (Å²) in [5.41, 5.74) is 0. The molecule has 0 fully saturated rings. The van der Waals surface area contributed by atoms with Crippen LogP contribution in [0.25, 0.3) is 0 Å². The smallest absolute Gasteiger partial charge is 0 e. The van der Waals surface area contributed by atoms with E-state index in [0.29, 0.717) is 0 Å². The fraction of sp³-hybridized carbons (Fsp3) is 0. The Morgan fingerprint density at radius 3 is 2.43 bits per heavy atom. The zero-order chi connectivity index (χ0) is 4.24. The van der Waals surface area contributed by atoms with Crippen molar-refractivity contribution in [1.82, 2.24) is 4.98 Å². The van der Waals surface area contributed by atoms with E-state index in [1.807, 2.05) is 12.1 Å². The second-order valence-corrected chi connectivity index (χ2v) is 0.953. The molecule has 2 heteroatoms. The predicted octanol–water partition coefficient (Wildman–Crippen LogP) is 0.882. The van der Waals surface area contributed by atoms with Crippen LogP contribution in [0.3, 0.4) is 0 Å². The van der Waals surface area contributed by atoms with Crippen LogP contribution in [0.4, 0.5) is 0 Å². The van der Waals surface area contributed by atoms with Gasteiger partial charge in [-0.05, 0) is 0 Å². The van der Waals surface area contributed by atoms with Gasteiger partial charge in [0.05, 0.1) is 0 Å². The van der Waals surface area contributed by atoms with Crippen molar-refractivity contribution in [2.75, 3.05) is 0 Å². The van der Waals surface area contributed by atoms with Gasteiger partial charge in [0, 0.05) is 0 Å². The molecular weight excluding hydrogens is 341 g/mol. The molecule has 0 bridgehead atoms. The summed E-state index contributed by atoms with van der Waals surface area (Å²) in [6.07, 6.45) is 3.34. The molecule has 0 unspecified atom stereocenters. The van der Waals surface area contributed by atoms with Gasteiger partial charge in [-0.2, -0.15) is 6.07 Å². The van der Waals surface area contributed by atoms with Gasteiger partial charge in [0.1, 0.15) is 0 Å². The Labute approximate surface area is 36.7 Å². The Kier molecular flexibility index (Phi) is 1.76. The number of nitrogens with zero attached hydrogens (tertiary/aromatic N) is 1. The largest absolute Gasteiger partial charge is 0.304 e. The van der Waals surface area contributed by atoms with Crippen LogP contribution in [0.5, 0.6) is 0 Å². The first-order valence-electron chi connectivity index (χ1n) is 1.76. The van der Waals surface area contributed by atoms with E-state index in [-0.39, 0.29) is 0 Å². The van der Waals surface area contributed by atoms with Crippen molar-refractivity contribution < 1.29 is 0 Å². The maximum Gasteiger partial charge on any atom is 0 e. The van der Waals surface area contributed by atoms with E-state index < -0.39 is 0 Å². The third kappa shape index (κ3) is 1.11. The maximum absolute atomic E-state index is 3.73. The molecule has 1 rings (SSSR count). The van der Waals surface area contributed by atoms with E-state index >= 15 is 0 Å². The third-order valence-corrected chi connectivity index (χ3v) is 0.514. The quantitative estimate of drug-likeness (QED) is 0.637. The van der Waals surface area contributed by atoms with Crippen LogP contribution < -0.4 is 0 Å². The van der Waals surface area contributed by atoms with Crippen molar-refractivity contribution in [1.29, 1.82) is 0 Å². The molecule has 0 amide bonds. The minimum Gasteiger partial charge on any atom is -0.304 e. The van der Waals surface area contributed by atoms with Gasteiger partial charge >= 0.3 is 0 Å². The predicted molar refractivity (Wildman–Crippen MR) is 23.1 cm³/mol. The third-order valence-electron chi connectivity index (χ3n) is 0.514. The monoisotopic (exact) mass is 345 g/mol. The molecular formula is C5H4NRf-. The summed E-state index contributed by atoms with van der Waals surface area (Å²) < 4.78 is 0. The fourth-order valence-electron chi connectivity index (χ4n) is 0.277. The average Bonchev–Trinajstić information content (AvgIpc) is 1.72. The number of hydrogen-bond acceptors (Lipinski definition) is 1. The second kappa shape index (κ2) is 2.39.